The van der Waals surface area contributed by atoms with Gasteiger partial charge in [-0.25, -0.2) is 8.42 Å². The van der Waals surface area contributed by atoms with Gasteiger partial charge in [-0.15, -0.1) is 0 Å². The second-order valence-electron chi connectivity index (χ2n) is 2.90. The molecule has 0 heterocycles. The van der Waals surface area contributed by atoms with E-state index in [-0.39, 0.29) is 4.90 Å². The number of primary amides is 1. The van der Waals surface area contributed by atoms with E-state index in [0.717, 1.165) is 0 Å². The molecule has 1 aromatic carbocycles. The minimum atomic E-state index is -3.65. The van der Waals surface area contributed by atoms with E-state index < -0.39 is 21.5 Å². The number of sulfone groups is 1. The summed E-state index contributed by atoms with van der Waals surface area (Å²) >= 11 is 0. The predicted octanol–water partition coefficient (Wildman–Crippen LogP) is -0.0458. The van der Waals surface area contributed by atoms with E-state index >= 15 is 0 Å². The molecule has 1 amide bonds. The monoisotopic (exact) mass is 229 g/mol. The average molecular weight is 229 g/mol. The van der Waals surface area contributed by atoms with Crippen LogP contribution in [0.25, 0.3) is 0 Å². The van der Waals surface area contributed by atoms with Crippen LogP contribution >= 0.6 is 0 Å². The number of rotatable bonds is 4. The molecule has 0 radical (unpaired) electrons. The van der Waals surface area contributed by atoms with Crippen molar-refractivity contribution in [2.24, 2.45) is 5.73 Å². The Morgan fingerprint density at radius 3 is 2.67 bits per heavy atom. The van der Waals surface area contributed by atoms with Crippen molar-refractivity contribution in [3.05, 3.63) is 24.3 Å². The van der Waals surface area contributed by atoms with Crippen molar-refractivity contribution in [2.45, 2.75) is 4.90 Å². The Labute approximate surface area is 87.8 Å². The van der Waals surface area contributed by atoms with Gasteiger partial charge in [0, 0.05) is 0 Å². The van der Waals surface area contributed by atoms with Crippen molar-refractivity contribution in [2.75, 3.05) is 12.9 Å². The van der Waals surface area contributed by atoms with Crippen LogP contribution in [0.4, 0.5) is 0 Å². The van der Waals surface area contributed by atoms with Gasteiger partial charge >= 0.3 is 0 Å². The molecule has 0 saturated heterocycles. The summed E-state index contributed by atoms with van der Waals surface area (Å²) in [5.74, 6) is -1.15. The van der Waals surface area contributed by atoms with E-state index in [1.807, 2.05) is 0 Å². The summed E-state index contributed by atoms with van der Waals surface area (Å²) in [6.45, 7) is 0. The van der Waals surface area contributed by atoms with Gasteiger partial charge in [-0.05, 0) is 18.2 Å². The van der Waals surface area contributed by atoms with Crippen LogP contribution in [0.3, 0.4) is 0 Å². The second-order valence-corrected chi connectivity index (χ2v) is 4.89. The van der Waals surface area contributed by atoms with Gasteiger partial charge in [-0.1, -0.05) is 6.07 Å². The molecular weight excluding hydrogens is 218 g/mol. The van der Waals surface area contributed by atoms with Crippen molar-refractivity contribution in [3.63, 3.8) is 0 Å². The zero-order valence-electron chi connectivity index (χ0n) is 8.14. The highest BCUT2D eigenvalue weighted by atomic mass is 32.2. The first kappa shape index (κ1) is 11.5. The maximum atomic E-state index is 11.6. The highest BCUT2D eigenvalue weighted by Gasteiger charge is 2.17. The van der Waals surface area contributed by atoms with Crippen molar-refractivity contribution in [1.29, 1.82) is 0 Å². The molecule has 5 nitrogen and oxygen atoms in total. The molecule has 0 aliphatic rings. The topological polar surface area (TPSA) is 86.5 Å². The minimum absolute atomic E-state index is 0.0284. The number of carbonyl (C=O) groups is 1. The lowest BCUT2D eigenvalue weighted by molar-refractivity contribution is -0.115. The first-order valence-electron chi connectivity index (χ1n) is 4.11. The molecule has 0 saturated carbocycles. The fraction of sp³-hybridized carbons (Fsp3) is 0.222. The number of hydrogen-bond acceptors (Lipinski definition) is 4. The third kappa shape index (κ3) is 2.95. The number of carbonyl (C=O) groups excluding carboxylic acids is 1. The lowest BCUT2D eigenvalue weighted by Gasteiger charge is -2.04. The zero-order valence-corrected chi connectivity index (χ0v) is 8.95. The normalized spacial score (nSPS) is 11.0. The van der Waals surface area contributed by atoms with Crippen LogP contribution in [-0.4, -0.2) is 27.2 Å². The van der Waals surface area contributed by atoms with Gasteiger partial charge in [-0.2, -0.15) is 0 Å². The van der Waals surface area contributed by atoms with Crippen molar-refractivity contribution in [3.8, 4) is 5.75 Å². The SMILES string of the molecule is COc1cccc(S(=O)(=O)CC(N)=O)c1. The van der Waals surface area contributed by atoms with E-state index in [2.05, 4.69) is 0 Å². The van der Waals surface area contributed by atoms with Gasteiger partial charge < -0.3 is 10.5 Å². The maximum absolute atomic E-state index is 11.6. The number of amides is 1. The number of methoxy groups -OCH3 is 1. The number of benzene rings is 1. The quantitative estimate of drug-likeness (QED) is 0.784. The fourth-order valence-electron chi connectivity index (χ4n) is 1.07. The molecule has 0 spiro atoms. The Morgan fingerprint density at radius 2 is 2.13 bits per heavy atom. The Bertz CT molecular complexity index is 467. The summed E-state index contributed by atoms with van der Waals surface area (Å²) < 4.78 is 28.0. The Morgan fingerprint density at radius 1 is 1.47 bits per heavy atom. The summed E-state index contributed by atoms with van der Waals surface area (Å²) in [6, 6.07) is 5.88. The summed E-state index contributed by atoms with van der Waals surface area (Å²) in [4.78, 5) is 10.6. The van der Waals surface area contributed by atoms with Crippen LogP contribution in [0.2, 0.25) is 0 Å². The third-order valence-electron chi connectivity index (χ3n) is 1.73. The molecule has 1 rings (SSSR count). The fourth-order valence-corrected chi connectivity index (χ4v) is 2.19. The van der Waals surface area contributed by atoms with Crippen LogP contribution in [0.1, 0.15) is 0 Å². The number of ether oxygens (including phenoxy) is 1. The molecule has 6 heteroatoms. The van der Waals surface area contributed by atoms with E-state index in [4.69, 9.17) is 10.5 Å². The van der Waals surface area contributed by atoms with Crippen LogP contribution in [0.15, 0.2) is 29.2 Å². The van der Waals surface area contributed by atoms with Gasteiger partial charge in [0.05, 0.1) is 12.0 Å². The molecule has 0 aliphatic heterocycles. The third-order valence-corrected chi connectivity index (χ3v) is 3.37. The predicted molar refractivity (Wildman–Crippen MR) is 54.2 cm³/mol. The molecule has 0 aliphatic carbocycles. The van der Waals surface area contributed by atoms with Crippen LogP contribution < -0.4 is 10.5 Å². The summed E-state index contributed by atoms with van der Waals surface area (Å²) in [6.07, 6.45) is 0. The zero-order chi connectivity index (χ0) is 11.5. The van der Waals surface area contributed by atoms with Gasteiger partial charge in [0.2, 0.25) is 5.91 Å². The molecule has 0 aromatic heterocycles. The molecule has 0 unspecified atom stereocenters. The minimum Gasteiger partial charge on any atom is -0.497 e. The van der Waals surface area contributed by atoms with Gasteiger partial charge in [0.1, 0.15) is 11.5 Å². The largest absolute Gasteiger partial charge is 0.497 e. The van der Waals surface area contributed by atoms with E-state index in [9.17, 15) is 13.2 Å². The lowest BCUT2D eigenvalue weighted by atomic mass is 10.3. The smallest absolute Gasteiger partial charge is 0.233 e. The first-order chi connectivity index (χ1) is 6.95. The highest BCUT2D eigenvalue weighted by Crippen LogP contribution is 2.17. The van der Waals surface area contributed by atoms with Crippen molar-refractivity contribution in [1.82, 2.24) is 0 Å². The van der Waals surface area contributed by atoms with Crippen LogP contribution in [0.5, 0.6) is 5.75 Å². The van der Waals surface area contributed by atoms with Crippen LogP contribution in [0, 0.1) is 0 Å². The van der Waals surface area contributed by atoms with Crippen LogP contribution in [-0.2, 0) is 14.6 Å². The molecular formula is C9H11NO4S. The molecule has 15 heavy (non-hydrogen) atoms. The molecule has 0 fully saturated rings. The highest BCUT2D eigenvalue weighted by molar-refractivity contribution is 7.92. The Kier molecular flexibility index (Phi) is 3.31. The number of hydrogen-bond donors (Lipinski definition) is 1. The summed E-state index contributed by atoms with van der Waals surface area (Å²) in [5, 5.41) is 0. The standard InChI is InChI=1S/C9H11NO4S/c1-14-7-3-2-4-8(5-7)15(12,13)6-9(10)11/h2-5H,6H2,1H3,(H2,10,11). The second kappa shape index (κ2) is 4.31. The number of nitrogens with two attached hydrogens (primary N) is 1. The summed E-state index contributed by atoms with van der Waals surface area (Å²) in [5.41, 5.74) is 4.84. The van der Waals surface area contributed by atoms with Crippen molar-refractivity contribution < 1.29 is 17.9 Å². The molecule has 0 atom stereocenters. The van der Waals surface area contributed by atoms with Gasteiger partial charge in [0.25, 0.3) is 0 Å². The molecule has 0 bridgehead atoms. The first-order valence-corrected chi connectivity index (χ1v) is 5.76. The average Bonchev–Trinajstić information content (AvgIpc) is 2.16. The maximum Gasteiger partial charge on any atom is 0.233 e. The Balaban J connectivity index is 3.10. The van der Waals surface area contributed by atoms with E-state index in [1.54, 1.807) is 6.07 Å². The van der Waals surface area contributed by atoms with Gasteiger partial charge in [0.15, 0.2) is 9.84 Å². The Hall–Kier alpha value is -1.56. The van der Waals surface area contributed by atoms with Crippen molar-refractivity contribution >= 4 is 15.7 Å². The molecule has 2 N–H and O–H groups in total. The van der Waals surface area contributed by atoms with E-state index in [0.29, 0.717) is 5.75 Å². The van der Waals surface area contributed by atoms with E-state index in [1.165, 1.54) is 25.3 Å². The molecule has 82 valence electrons. The lowest BCUT2D eigenvalue weighted by Crippen LogP contribution is -2.23. The molecule has 1 aromatic rings. The summed E-state index contributed by atoms with van der Waals surface area (Å²) in [7, 11) is -2.22. The van der Waals surface area contributed by atoms with Gasteiger partial charge in [-0.3, -0.25) is 4.79 Å².